The molecule has 0 amide bonds. The molecular weight excluding hydrogens is 132 g/mol. The number of fused-ring (bicyclic) bond motifs is 1. The molecule has 1 atom stereocenters. The molecule has 11 heavy (non-hydrogen) atoms. The Morgan fingerprint density at radius 1 is 1.36 bits per heavy atom. The molecule has 58 valence electrons. The van der Waals surface area contributed by atoms with E-state index in [1.807, 2.05) is 0 Å². The van der Waals surface area contributed by atoms with Crippen molar-refractivity contribution >= 4 is 0 Å². The Morgan fingerprint density at radius 3 is 3.09 bits per heavy atom. The molecule has 0 heterocycles. The van der Waals surface area contributed by atoms with Crippen LogP contribution in [0.15, 0.2) is 36.0 Å². The maximum atomic E-state index is 4.12. The molecule has 0 N–H and O–H groups in total. The van der Waals surface area contributed by atoms with Gasteiger partial charge in [-0.2, -0.15) is 0 Å². The molecule has 0 aliphatic heterocycles. The summed E-state index contributed by atoms with van der Waals surface area (Å²) in [4.78, 5) is 0. The van der Waals surface area contributed by atoms with E-state index in [-0.39, 0.29) is 0 Å². The predicted molar refractivity (Wildman–Crippen MR) is 48.3 cm³/mol. The smallest absolute Gasteiger partial charge is 0.00420 e. The van der Waals surface area contributed by atoms with Gasteiger partial charge in [-0.3, -0.25) is 0 Å². The van der Waals surface area contributed by atoms with Gasteiger partial charge < -0.3 is 0 Å². The highest BCUT2D eigenvalue weighted by Crippen LogP contribution is 2.37. The largest absolute Gasteiger partial charge is 0.0992 e. The summed E-state index contributed by atoms with van der Waals surface area (Å²) in [6, 6.07) is 0. The van der Waals surface area contributed by atoms with Gasteiger partial charge in [0.15, 0.2) is 0 Å². The van der Waals surface area contributed by atoms with Crippen molar-refractivity contribution in [2.24, 2.45) is 5.92 Å². The molecule has 0 saturated heterocycles. The van der Waals surface area contributed by atoms with Crippen molar-refractivity contribution in [2.75, 3.05) is 0 Å². The van der Waals surface area contributed by atoms with E-state index in [1.54, 1.807) is 5.57 Å². The van der Waals surface area contributed by atoms with Crippen molar-refractivity contribution in [1.29, 1.82) is 0 Å². The molecule has 0 heteroatoms. The third-order valence-electron chi connectivity index (χ3n) is 2.72. The van der Waals surface area contributed by atoms with Gasteiger partial charge in [-0.05, 0) is 25.7 Å². The van der Waals surface area contributed by atoms with E-state index in [0.717, 1.165) is 0 Å². The monoisotopic (exact) mass is 146 g/mol. The quantitative estimate of drug-likeness (QED) is 0.460. The topological polar surface area (TPSA) is 0 Å². The average molecular weight is 146 g/mol. The van der Waals surface area contributed by atoms with Crippen molar-refractivity contribution in [3.63, 3.8) is 0 Å². The number of rotatable bonds is 0. The Bertz CT molecular complexity index is 230. The first-order valence-corrected chi connectivity index (χ1v) is 4.41. The number of allylic oxidation sites excluding steroid dienone is 5. The number of hydrogen-bond acceptors (Lipinski definition) is 0. The summed E-state index contributed by atoms with van der Waals surface area (Å²) >= 11 is 0. The summed E-state index contributed by atoms with van der Waals surface area (Å²) in [6.45, 7) is 4.12. The van der Waals surface area contributed by atoms with Gasteiger partial charge in [0.05, 0.1) is 0 Å². The molecule has 0 nitrogen and oxygen atoms in total. The highest BCUT2D eigenvalue weighted by molar-refractivity contribution is 5.30. The van der Waals surface area contributed by atoms with Gasteiger partial charge in [0.25, 0.3) is 0 Å². The number of hydrogen-bond donors (Lipinski definition) is 0. The molecule has 1 unspecified atom stereocenters. The van der Waals surface area contributed by atoms with Crippen molar-refractivity contribution in [3.05, 3.63) is 36.0 Å². The summed E-state index contributed by atoms with van der Waals surface area (Å²) in [5.74, 6) is 0.703. The van der Waals surface area contributed by atoms with E-state index >= 15 is 0 Å². The van der Waals surface area contributed by atoms with Gasteiger partial charge in [-0.25, -0.2) is 0 Å². The second-order valence-corrected chi connectivity index (χ2v) is 3.47. The lowest BCUT2D eigenvalue weighted by molar-refractivity contribution is 0.569. The lowest BCUT2D eigenvalue weighted by Gasteiger charge is -2.28. The van der Waals surface area contributed by atoms with Crippen LogP contribution in [0.2, 0.25) is 0 Å². The van der Waals surface area contributed by atoms with Gasteiger partial charge in [-0.1, -0.05) is 36.0 Å². The van der Waals surface area contributed by atoms with Crippen LogP contribution in [0.4, 0.5) is 0 Å². The highest BCUT2D eigenvalue weighted by Gasteiger charge is 2.21. The molecule has 1 fully saturated rings. The molecule has 2 aliphatic rings. The Morgan fingerprint density at radius 2 is 2.27 bits per heavy atom. The van der Waals surface area contributed by atoms with Crippen LogP contribution >= 0.6 is 0 Å². The lowest BCUT2D eigenvalue weighted by Crippen LogP contribution is -2.13. The van der Waals surface area contributed by atoms with Crippen molar-refractivity contribution in [1.82, 2.24) is 0 Å². The maximum Gasteiger partial charge on any atom is 0.00420 e. The van der Waals surface area contributed by atoms with Crippen LogP contribution in [-0.2, 0) is 0 Å². The molecule has 0 aromatic rings. The second kappa shape index (κ2) is 2.69. The van der Waals surface area contributed by atoms with Crippen molar-refractivity contribution in [2.45, 2.75) is 25.7 Å². The minimum Gasteiger partial charge on any atom is -0.0992 e. The highest BCUT2D eigenvalue weighted by atomic mass is 14.3. The molecule has 0 aromatic carbocycles. The fraction of sp³-hybridized carbons (Fsp3) is 0.455. The minimum absolute atomic E-state index is 0.703. The predicted octanol–water partition coefficient (Wildman–Crippen LogP) is 3.23. The SMILES string of the molecule is C=C1CCCC2=CC=CCC12. The Hall–Kier alpha value is -0.780. The first-order valence-electron chi connectivity index (χ1n) is 4.41. The van der Waals surface area contributed by atoms with Crippen LogP contribution in [0.25, 0.3) is 0 Å². The van der Waals surface area contributed by atoms with E-state index in [2.05, 4.69) is 24.8 Å². The fourth-order valence-corrected chi connectivity index (χ4v) is 2.05. The Kier molecular flexibility index (Phi) is 1.69. The van der Waals surface area contributed by atoms with Crippen LogP contribution in [0, 0.1) is 5.92 Å². The summed E-state index contributed by atoms with van der Waals surface area (Å²) in [6.07, 6.45) is 11.8. The first kappa shape index (κ1) is 6.90. The first-order chi connectivity index (χ1) is 5.38. The standard InChI is InChI=1S/C11H14/c1-9-5-4-7-10-6-2-3-8-11(9)10/h2-3,6,11H,1,4-5,7-8H2. The fourth-order valence-electron chi connectivity index (χ4n) is 2.05. The van der Waals surface area contributed by atoms with Gasteiger partial charge in [0.2, 0.25) is 0 Å². The van der Waals surface area contributed by atoms with Crippen LogP contribution in [-0.4, -0.2) is 0 Å². The molecule has 2 rings (SSSR count). The summed E-state index contributed by atoms with van der Waals surface area (Å²) < 4.78 is 0. The van der Waals surface area contributed by atoms with Gasteiger partial charge in [0.1, 0.15) is 0 Å². The normalized spacial score (nSPS) is 29.6. The van der Waals surface area contributed by atoms with E-state index in [9.17, 15) is 0 Å². The van der Waals surface area contributed by atoms with Crippen molar-refractivity contribution < 1.29 is 0 Å². The molecule has 1 saturated carbocycles. The summed E-state index contributed by atoms with van der Waals surface area (Å²) in [7, 11) is 0. The second-order valence-electron chi connectivity index (χ2n) is 3.47. The molecule has 0 spiro atoms. The van der Waals surface area contributed by atoms with E-state index in [0.29, 0.717) is 5.92 Å². The minimum atomic E-state index is 0.703. The molecule has 0 radical (unpaired) electrons. The maximum absolute atomic E-state index is 4.12. The zero-order valence-corrected chi connectivity index (χ0v) is 6.84. The molecule has 0 aromatic heterocycles. The summed E-state index contributed by atoms with van der Waals surface area (Å²) in [5.41, 5.74) is 3.07. The van der Waals surface area contributed by atoms with Crippen molar-refractivity contribution in [3.8, 4) is 0 Å². The van der Waals surface area contributed by atoms with E-state index < -0.39 is 0 Å². The van der Waals surface area contributed by atoms with E-state index in [1.165, 1.54) is 31.3 Å². The summed E-state index contributed by atoms with van der Waals surface area (Å²) in [5, 5.41) is 0. The van der Waals surface area contributed by atoms with Gasteiger partial charge in [0, 0.05) is 5.92 Å². The molecular formula is C11H14. The van der Waals surface area contributed by atoms with Crippen LogP contribution in [0.1, 0.15) is 25.7 Å². The zero-order valence-electron chi connectivity index (χ0n) is 6.84. The lowest BCUT2D eigenvalue weighted by atomic mass is 9.77. The zero-order chi connectivity index (χ0) is 7.68. The molecule has 0 bridgehead atoms. The van der Waals surface area contributed by atoms with Crippen LogP contribution in [0.3, 0.4) is 0 Å². The Balaban J connectivity index is 2.24. The van der Waals surface area contributed by atoms with Crippen LogP contribution in [0.5, 0.6) is 0 Å². The van der Waals surface area contributed by atoms with E-state index in [4.69, 9.17) is 0 Å². The van der Waals surface area contributed by atoms with Crippen LogP contribution < -0.4 is 0 Å². The molecule has 2 aliphatic carbocycles. The Labute approximate surface area is 68.3 Å². The average Bonchev–Trinajstić information content (AvgIpc) is 2.06. The van der Waals surface area contributed by atoms with Gasteiger partial charge >= 0.3 is 0 Å². The third kappa shape index (κ3) is 1.18. The third-order valence-corrected chi connectivity index (χ3v) is 2.72. The van der Waals surface area contributed by atoms with Gasteiger partial charge in [-0.15, -0.1) is 0 Å².